The Bertz CT molecular complexity index is 1330. The van der Waals surface area contributed by atoms with Crippen molar-refractivity contribution in [3.63, 3.8) is 0 Å². The molecule has 0 unspecified atom stereocenters. The van der Waals surface area contributed by atoms with E-state index in [4.69, 9.17) is 11.6 Å². The lowest BCUT2D eigenvalue weighted by molar-refractivity contribution is -0.141. The Kier molecular flexibility index (Phi) is 6.32. The standard InChI is InChI=1S/C21H16ClF5N6O2/c1-8(34)6-29-20(35)18-31-19-9(2)30-16(13-10(23)4-3-5-11(13)24)14-12(33(19)32-18)7-28-17(15(14)22)21(25,26)27/h3-5,7-9,34H,6H2,1-2H3,(H,29,35)/t8-,9-/m0/s1. The number of aromatic nitrogens is 4. The van der Waals surface area contributed by atoms with Crippen LogP contribution in [0.15, 0.2) is 29.4 Å². The average Bonchev–Trinajstić information content (AvgIpc) is 3.17. The average molecular weight is 515 g/mol. The van der Waals surface area contributed by atoms with E-state index in [9.17, 15) is 31.9 Å². The number of alkyl halides is 3. The van der Waals surface area contributed by atoms with Crippen molar-refractivity contribution in [3.05, 3.63) is 69.5 Å². The molecule has 2 atom stereocenters. The predicted molar refractivity (Wildman–Crippen MR) is 114 cm³/mol. The molecule has 0 saturated heterocycles. The number of aliphatic hydroxyl groups is 1. The maximum absolute atomic E-state index is 14.7. The van der Waals surface area contributed by atoms with E-state index in [2.05, 4.69) is 25.4 Å². The van der Waals surface area contributed by atoms with Gasteiger partial charge in [-0.2, -0.15) is 13.2 Å². The fourth-order valence-electron chi connectivity index (χ4n) is 3.48. The number of amides is 1. The summed E-state index contributed by atoms with van der Waals surface area (Å²) in [6, 6.07) is 1.93. The summed E-state index contributed by atoms with van der Waals surface area (Å²) in [7, 11) is 0. The van der Waals surface area contributed by atoms with Crippen LogP contribution >= 0.6 is 11.6 Å². The summed E-state index contributed by atoms with van der Waals surface area (Å²) in [4.78, 5) is 24.2. The lowest BCUT2D eigenvalue weighted by Gasteiger charge is -2.17. The van der Waals surface area contributed by atoms with E-state index in [1.165, 1.54) is 13.8 Å². The highest BCUT2D eigenvalue weighted by molar-refractivity contribution is 6.37. The zero-order chi connectivity index (χ0) is 25.7. The van der Waals surface area contributed by atoms with Crippen LogP contribution in [0.3, 0.4) is 0 Å². The molecular weight excluding hydrogens is 499 g/mol. The van der Waals surface area contributed by atoms with E-state index in [-0.39, 0.29) is 23.9 Å². The summed E-state index contributed by atoms with van der Waals surface area (Å²) < 4.78 is 71.2. The van der Waals surface area contributed by atoms with Gasteiger partial charge in [-0.05, 0) is 26.0 Å². The number of nitrogens with one attached hydrogen (secondary N) is 1. The van der Waals surface area contributed by atoms with Crippen LogP contribution in [-0.2, 0) is 6.18 Å². The SMILES string of the molecule is C[C@H](O)CNC(=O)c1nc2n(n1)-c1cnc(C(F)(F)F)c(Cl)c1C(c1c(F)cccc1F)=N[C@H]2C. The van der Waals surface area contributed by atoms with Crippen molar-refractivity contribution in [1.82, 2.24) is 25.1 Å². The van der Waals surface area contributed by atoms with Crippen LogP contribution in [0.4, 0.5) is 22.0 Å². The second-order valence-electron chi connectivity index (χ2n) is 7.69. The van der Waals surface area contributed by atoms with Gasteiger partial charge in [0.1, 0.15) is 17.7 Å². The van der Waals surface area contributed by atoms with Crippen LogP contribution in [-0.4, -0.2) is 49.1 Å². The van der Waals surface area contributed by atoms with Crippen molar-refractivity contribution in [1.29, 1.82) is 0 Å². The second-order valence-corrected chi connectivity index (χ2v) is 8.07. The third kappa shape index (κ3) is 4.48. The number of carbonyl (C=O) groups is 1. The van der Waals surface area contributed by atoms with Crippen LogP contribution in [0.2, 0.25) is 5.02 Å². The smallest absolute Gasteiger partial charge is 0.392 e. The Hall–Kier alpha value is -3.45. The number of rotatable bonds is 4. The maximum atomic E-state index is 14.7. The van der Waals surface area contributed by atoms with E-state index in [0.717, 1.165) is 29.1 Å². The number of halogens is 6. The molecule has 3 aromatic rings. The monoisotopic (exact) mass is 514 g/mol. The molecule has 4 rings (SSSR count). The van der Waals surface area contributed by atoms with Crippen molar-refractivity contribution in [3.8, 4) is 5.69 Å². The van der Waals surface area contributed by atoms with Crippen molar-refractivity contribution >= 4 is 23.2 Å². The Morgan fingerprint density at radius 3 is 2.51 bits per heavy atom. The third-order valence-corrected chi connectivity index (χ3v) is 5.39. The van der Waals surface area contributed by atoms with Gasteiger partial charge in [-0.25, -0.2) is 23.4 Å². The number of aliphatic hydroxyl groups excluding tert-OH is 1. The topological polar surface area (TPSA) is 105 Å². The Labute approximate surface area is 199 Å². The van der Waals surface area contributed by atoms with Crippen LogP contribution in [0.5, 0.6) is 0 Å². The minimum Gasteiger partial charge on any atom is -0.392 e. The van der Waals surface area contributed by atoms with Crippen LogP contribution in [0.1, 0.15) is 53.2 Å². The third-order valence-electron chi connectivity index (χ3n) is 5.02. The first kappa shape index (κ1) is 24.7. The first-order valence-electron chi connectivity index (χ1n) is 10.1. The molecule has 0 saturated carbocycles. The number of pyridine rings is 1. The number of fused-ring (bicyclic) bond motifs is 3. The molecule has 0 aliphatic carbocycles. The first-order chi connectivity index (χ1) is 16.4. The number of hydrogen-bond acceptors (Lipinski definition) is 6. The van der Waals surface area contributed by atoms with E-state index in [0.29, 0.717) is 0 Å². The van der Waals surface area contributed by atoms with Gasteiger partial charge in [-0.3, -0.25) is 9.79 Å². The molecule has 1 aliphatic rings. The van der Waals surface area contributed by atoms with Gasteiger partial charge in [0.15, 0.2) is 11.5 Å². The van der Waals surface area contributed by atoms with Crippen LogP contribution < -0.4 is 5.32 Å². The molecule has 14 heteroatoms. The van der Waals surface area contributed by atoms with Crippen molar-refractivity contribution in [2.24, 2.45) is 4.99 Å². The summed E-state index contributed by atoms with van der Waals surface area (Å²) in [6.45, 7) is 2.79. The summed E-state index contributed by atoms with van der Waals surface area (Å²) in [5, 5.41) is 14.9. The van der Waals surface area contributed by atoms with Crippen molar-refractivity contribution in [2.75, 3.05) is 6.54 Å². The number of aliphatic imine (C=N–C) groups is 1. The molecule has 2 N–H and O–H groups in total. The fraction of sp³-hybridized carbons (Fsp3) is 0.286. The predicted octanol–water partition coefficient (Wildman–Crippen LogP) is 3.64. The highest BCUT2D eigenvalue weighted by atomic mass is 35.5. The minimum absolute atomic E-state index is 0.0159. The van der Waals surface area contributed by atoms with Gasteiger partial charge < -0.3 is 10.4 Å². The van der Waals surface area contributed by atoms with Crippen molar-refractivity contribution < 1.29 is 31.9 Å². The number of benzene rings is 1. The van der Waals surface area contributed by atoms with Gasteiger partial charge in [0.25, 0.3) is 5.91 Å². The second kappa shape index (κ2) is 8.96. The van der Waals surface area contributed by atoms with Gasteiger partial charge in [-0.15, -0.1) is 5.10 Å². The quantitative estimate of drug-likeness (QED) is 0.517. The van der Waals surface area contributed by atoms with Crippen molar-refractivity contribution in [2.45, 2.75) is 32.2 Å². The first-order valence-corrected chi connectivity index (χ1v) is 10.5. The van der Waals surface area contributed by atoms with Gasteiger partial charge in [0.2, 0.25) is 5.82 Å². The zero-order valence-electron chi connectivity index (χ0n) is 18.0. The Morgan fingerprint density at radius 2 is 1.91 bits per heavy atom. The highest BCUT2D eigenvalue weighted by Crippen LogP contribution is 2.40. The van der Waals surface area contributed by atoms with Crippen LogP contribution in [0, 0.1) is 11.6 Å². The number of hydrogen-bond donors (Lipinski definition) is 2. The molecule has 1 amide bonds. The minimum atomic E-state index is -4.99. The van der Waals surface area contributed by atoms with Crippen LogP contribution in [0.25, 0.3) is 5.69 Å². The molecule has 3 heterocycles. The largest absolute Gasteiger partial charge is 0.434 e. The maximum Gasteiger partial charge on any atom is 0.434 e. The molecular formula is C21H16ClF5N6O2. The summed E-state index contributed by atoms with van der Waals surface area (Å²) in [5.74, 6) is -3.30. The molecule has 35 heavy (non-hydrogen) atoms. The zero-order valence-corrected chi connectivity index (χ0v) is 18.8. The van der Waals surface area contributed by atoms with Gasteiger partial charge in [0.05, 0.1) is 34.3 Å². The molecule has 0 spiro atoms. The number of nitrogens with zero attached hydrogens (tertiary/aromatic N) is 5. The summed E-state index contributed by atoms with van der Waals surface area (Å²) >= 11 is 6.12. The van der Waals surface area contributed by atoms with E-state index in [1.807, 2.05) is 0 Å². The summed E-state index contributed by atoms with van der Waals surface area (Å²) in [5.41, 5.74) is -3.38. The molecule has 1 aliphatic heterocycles. The van der Waals surface area contributed by atoms with E-state index in [1.54, 1.807) is 0 Å². The fourth-order valence-corrected chi connectivity index (χ4v) is 3.82. The van der Waals surface area contributed by atoms with Gasteiger partial charge >= 0.3 is 6.18 Å². The van der Waals surface area contributed by atoms with E-state index >= 15 is 0 Å². The Morgan fingerprint density at radius 1 is 1.26 bits per heavy atom. The Balaban J connectivity index is 1.99. The molecule has 8 nitrogen and oxygen atoms in total. The normalized spacial score (nSPS) is 16.1. The molecule has 0 fully saturated rings. The summed E-state index contributed by atoms with van der Waals surface area (Å²) in [6.07, 6.45) is -5.07. The van der Waals surface area contributed by atoms with E-state index < -0.39 is 63.4 Å². The lowest BCUT2D eigenvalue weighted by Crippen LogP contribution is -2.31. The molecule has 1 aromatic carbocycles. The number of carbonyl (C=O) groups excluding carboxylic acids is 1. The van der Waals surface area contributed by atoms with Gasteiger partial charge in [0, 0.05) is 12.1 Å². The molecule has 0 bridgehead atoms. The molecule has 0 radical (unpaired) electrons. The lowest BCUT2D eigenvalue weighted by atomic mass is 9.99. The highest BCUT2D eigenvalue weighted by Gasteiger charge is 2.40. The van der Waals surface area contributed by atoms with Gasteiger partial charge in [-0.1, -0.05) is 17.7 Å². The molecule has 184 valence electrons. The molecule has 2 aromatic heterocycles.